The van der Waals surface area contributed by atoms with Crippen molar-refractivity contribution in [2.75, 3.05) is 7.11 Å². The summed E-state index contributed by atoms with van der Waals surface area (Å²) in [5.74, 6) is 2.12. The maximum absolute atomic E-state index is 12.7. The van der Waals surface area contributed by atoms with Gasteiger partial charge in [-0.15, -0.1) is 0 Å². The zero-order valence-electron chi connectivity index (χ0n) is 14.3. The van der Waals surface area contributed by atoms with Gasteiger partial charge in [0, 0.05) is 11.1 Å². The van der Waals surface area contributed by atoms with Crippen molar-refractivity contribution in [2.24, 2.45) is 0 Å². The molecule has 126 valence electrons. The number of nitrogens with zero attached hydrogens (tertiary/aromatic N) is 2. The van der Waals surface area contributed by atoms with Crippen LogP contribution in [0.25, 0.3) is 11.3 Å². The highest BCUT2D eigenvalue weighted by atomic mass is 16.5. The number of carbonyl (C=O) groups is 1. The van der Waals surface area contributed by atoms with E-state index in [1.54, 1.807) is 7.11 Å². The molecule has 2 aromatic carbocycles. The molecule has 0 bridgehead atoms. The summed E-state index contributed by atoms with van der Waals surface area (Å²) in [4.78, 5) is 12.7. The number of aromatic nitrogens is 2. The molecule has 1 aromatic heterocycles. The maximum Gasteiger partial charge on any atom is 0.257 e. The Bertz CT molecular complexity index is 896. The first-order chi connectivity index (χ1) is 12.3. The number of ether oxygens (including phenoxy) is 1. The molecule has 0 unspecified atom stereocenters. The largest absolute Gasteiger partial charge is 0.497 e. The molecule has 0 saturated heterocycles. The highest BCUT2D eigenvalue weighted by molar-refractivity contribution is 5.95. The Morgan fingerprint density at radius 3 is 2.60 bits per heavy atom. The summed E-state index contributed by atoms with van der Waals surface area (Å²) in [6.07, 6.45) is 4.26. The van der Waals surface area contributed by atoms with Gasteiger partial charge in [0.05, 0.1) is 20.1 Å². The molecule has 0 atom stereocenters. The van der Waals surface area contributed by atoms with Crippen LogP contribution < -0.4 is 9.30 Å². The van der Waals surface area contributed by atoms with Crippen molar-refractivity contribution < 1.29 is 14.1 Å². The van der Waals surface area contributed by atoms with Crippen molar-refractivity contribution in [3.63, 3.8) is 0 Å². The highest BCUT2D eigenvalue weighted by Crippen LogP contribution is 2.24. The standard InChI is InChI=1S/C21H21N2O2/c1-25-18-11-9-17(10-12-18)20(24)15-22-14-19(16-6-3-2-4-7-16)23-13-5-8-21(22)23/h2-4,6-7,9-12,14H,5,8,13,15H2,1H3/q+1. The summed E-state index contributed by atoms with van der Waals surface area (Å²) in [6, 6.07) is 17.7. The van der Waals surface area contributed by atoms with Gasteiger partial charge in [0.15, 0.2) is 12.2 Å². The van der Waals surface area contributed by atoms with Crippen LogP contribution in [0.3, 0.4) is 0 Å². The van der Waals surface area contributed by atoms with Gasteiger partial charge in [-0.25, -0.2) is 9.13 Å². The molecule has 1 aliphatic rings. The Morgan fingerprint density at radius 2 is 1.88 bits per heavy atom. The van der Waals surface area contributed by atoms with Gasteiger partial charge in [-0.1, -0.05) is 30.3 Å². The minimum atomic E-state index is 0.118. The third-order valence-electron chi connectivity index (χ3n) is 4.79. The molecule has 0 aliphatic carbocycles. The van der Waals surface area contributed by atoms with E-state index >= 15 is 0 Å². The average molecular weight is 333 g/mol. The predicted molar refractivity (Wildman–Crippen MR) is 95.7 cm³/mol. The second kappa shape index (κ2) is 6.55. The molecule has 0 fully saturated rings. The first-order valence-corrected chi connectivity index (χ1v) is 8.61. The van der Waals surface area contributed by atoms with Crippen LogP contribution in [0.5, 0.6) is 5.75 Å². The molecule has 4 heteroatoms. The van der Waals surface area contributed by atoms with E-state index in [4.69, 9.17) is 4.74 Å². The number of fused-ring (bicyclic) bond motifs is 1. The lowest BCUT2D eigenvalue weighted by Crippen LogP contribution is -2.40. The van der Waals surface area contributed by atoms with Gasteiger partial charge in [0.1, 0.15) is 11.9 Å². The van der Waals surface area contributed by atoms with Gasteiger partial charge in [-0.2, -0.15) is 0 Å². The molecule has 1 aliphatic heterocycles. The second-order valence-corrected chi connectivity index (χ2v) is 6.33. The molecular formula is C21H21N2O2+. The van der Waals surface area contributed by atoms with E-state index < -0.39 is 0 Å². The number of hydrogen-bond donors (Lipinski definition) is 0. The molecular weight excluding hydrogens is 312 g/mol. The van der Waals surface area contributed by atoms with E-state index in [-0.39, 0.29) is 5.78 Å². The quantitative estimate of drug-likeness (QED) is 0.530. The molecule has 2 heterocycles. The maximum atomic E-state index is 12.7. The average Bonchev–Trinajstić information content (AvgIpc) is 3.26. The highest BCUT2D eigenvalue weighted by Gasteiger charge is 2.29. The van der Waals surface area contributed by atoms with Crippen LogP contribution in [0.1, 0.15) is 22.6 Å². The summed E-state index contributed by atoms with van der Waals surface area (Å²) < 4.78 is 9.62. The first-order valence-electron chi connectivity index (χ1n) is 8.61. The number of ketones is 1. The Hall–Kier alpha value is -2.88. The van der Waals surface area contributed by atoms with Crippen LogP contribution in [-0.4, -0.2) is 17.5 Å². The third-order valence-corrected chi connectivity index (χ3v) is 4.79. The number of imidazole rings is 1. The summed E-state index contributed by atoms with van der Waals surface area (Å²) in [5.41, 5.74) is 3.10. The Kier molecular flexibility index (Phi) is 4.10. The number of rotatable bonds is 5. The topological polar surface area (TPSA) is 35.1 Å². The van der Waals surface area contributed by atoms with Gasteiger partial charge in [-0.3, -0.25) is 4.79 Å². The zero-order valence-corrected chi connectivity index (χ0v) is 14.3. The van der Waals surface area contributed by atoms with Gasteiger partial charge < -0.3 is 4.74 Å². The van der Waals surface area contributed by atoms with Crippen LogP contribution in [0.2, 0.25) is 0 Å². The van der Waals surface area contributed by atoms with Gasteiger partial charge in [-0.05, 0) is 30.7 Å². The van der Waals surface area contributed by atoms with E-state index in [0.717, 1.165) is 25.1 Å². The predicted octanol–water partition coefficient (Wildman–Crippen LogP) is 3.28. The van der Waals surface area contributed by atoms with Crippen molar-refractivity contribution in [1.82, 2.24) is 4.57 Å². The minimum Gasteiger partial charge on any atom is -0.497 e. The van der Waals surface area contributed by atoms with Crippen molar-refractivity contribution in [3.05, 3.63) is 72.2 Å². The van der Waals surface area contributed by atoms with Gasteiger partial charge in [0.25, 0.3) is 5.82 Å². The van der Waals surface area contributed by atoms with Crippen LogP contribution in [0.15, 0.2) is 60.8 Å². The number of benzene rings is 2. The van der Waals surface area contributed by atoms with Crippen LogP contribution in [0, 0.1) is 0 Å². The number of carbonyl (C=O) groups excluding carboxylic acids is 1. The van der Waals surface area contributed by atoms with Crippen molar-refractivity contribution in [2.45, 2.75) is 25.9 Å². The molecule has 0 amide bonds. The first kappa shape index (κ1) is 15.6. The van der Waals surface area contributed by atoms with Crippen molar-refractivity contribution in [3.8, 4) is 17.0 Å². The van der Waals surface area contributed by atoms with Crippen LogP contribution in [-0.2, 0) is 19.5 Å². The molecule has 3 aromatic rings. The Balaban J connectivity index is 1.63. The fourth-order valence-electron chi connectivity index (χ4n) is 3.51. The third kappa shape index (κ3) is 2.95. The fourth-order valence-corrected chi connectivity index (χ4v) is 3.51. The number of Topliss-reactive ketones (excluding diaryl/α,β-unsaturated/α-hetero) is 1. The molecule has 0 saturated carbocycles. The normalized spacial score (nSPS) is 12.8. The van der Waals surface area contributed by atoms with Crippen LogP contribution >= 0.6 is 0 Å². The molecule has 0 radical (unpaired) electrons. The van der Waals surface area contributed by atoms with Crippen molar-refractivity contribution in [1.29, 1.82) is 0 Å². The number of hydrogen-bond acceptors (Lipinski definition) is 2. The van der Waals surface area contributed by atoms with Gasteiger partial charge in [0.2, 0.25) is 5.78 Å². The molecule has 4 rings (SSSR count). The summed E-state index contributed by atoms with van der Waals surface area (Å²) in [6.45, 7) is 1.39. The Morgan fingerprint density at radius 1 is 1.12 bits per heavy atom. The monoisotopic (exact) mass is 333 g/mol. The van der Waals surface area contributed by atoms with E-state index in [2.05, 4.69) is 39.6 Å². The summed E-state index contributed by atoms with van der Waals surface area (Å²) in [7, 11) is 1.63. The van der Waals surface area contributed by atoms with E-state index in [1.807, 2.05) is 30.3 Å². The van der Waals surface area contributed by atoms with Crippen LogP contribution in [0.4, 0.5) is 0 Å². The van der Waals surface area contributed by atoms with Gasteiger partial charge >= 0.3 is 0 Å². The summed E-state index contributed by atoms with van der Waals surface area (Å²) in [5, 5.41) is 0. The lowest BCUT2D eigenvalue weighted by atomic mass is 10.1. The zero-order chi connectivity index (χ0) is 17.2. The SMILES string of the molecule is COc1ccc(C(=O)C[n+]2cc(-c3ccccc3)n3c2CCC3)cc1. The lowest BCUT2D eigenvalue weighted by molar-refractivity contribution is -0.689. The molecule has 4 nitrogen and oxygen atoms in total. The lowest BCUT2D eigenvalue weighted by Gasteiger charge is -2.02. The molecule has 0 spiro atoms. The van der Waals surface area contributed by atoms with E-state index in [1.165, 1.54) is 17.1 Å². The van der Waals surface area contributed by atoms with E-state index in [9.17, 15) is 4.79 Å². The Labute approximate surface area is 147 Å². The molecule has 25 heavy (non-hydrogen) atoms. The minimum absolute atomic E-state index is 0.118. The number of methoxy groups -OCH3 is 1. The fraction of sp³-hybridized carbons (Fsp3) is 0.238. The van der Waals surface area contributed by atoms with Crippen molar-refractivity contribution >= 4 is 5.78 Å². The smallest absolute Gasteiger partial charge is 0.257 e. The second-order valence-electron chi connectivity index (χ2n) is 6.33. The molecule has 0 N–H and O–H groups in total. The summed E-state index contributed by atoms with van der Waals surface area (Å²) >= 11 is 0. The van der Waals surface area contributed by atoms with E-state index in [0.29, 0.717) is 12.1 Å².